The van der Waals surface area contributed by atoms with Crippen LogP contribution < -0.4 is 10.2 Å². The van der Waals surface area contributed by atoms with E-state index in [9.17, 15) is 4.79 Å². The van der Waals surface area contributed by atoms with Crippen LogP contribution in [0.5, 0.6) is 0 Å². The van der Waals surface area contributed by atoms with Gasteiger partial charge in [-0.3, -0.25) is 9.69 Å². The maximum Gasteiger partial charge on any atom is 0.238 e. The van der Waals surface area contributed by atoms with Crippen LogP contribution in [0.1, 0.15) is 55.7 Å². The minimum absolute atomic E-state index is 0.0409. The molecule has 0 radical (unpaired) electrons. The highest BCUT2D eigenvalue weighted by Gasteiger charge is 2.17. The number of anilines is 2. The van der Waals surface area contributed by atoms with Crippen molar-refractivity contribution in [3.05, 3.63) is 59.2 Å². The van der Waals surface area contributed by atoms with E-state index in [4.69, 9.17) is 0 Å². The van der Waals surface area contributed by atoms with Crippen molar-refractivity contribution in [2.45, 2.75) is 52.5 Å². The molecule has 3 rings (SSSR count). The van der Waals surface area contributed by atoms with Gasteiger partial charge >= 0.3 is 0 Å². The summed E-state index contributed by atoms with van der Waals surface area (Å²) in [5, 5.41) is 3.16. The molecule has 4 heteroatoms. The van der Waals surface area contributed by atoms with Crippen LogP contribution in [0, 0.1) is 6.92 Å². The highest BCUT2D eigenvalue weighted by Crippen LogP contribution is 2.28. The lowest BCUT2D eigenvalue weighted by Crippen LogP contribution is -2.33. The summed E-state index contributed by atoms with van der Waals surface area (Å²) in [4.78, 5) is 17.4. The van der Waals surface area contributed by atoms with Crippen molar-refractivity contribution in [3.8, 4) is 0 Å². The number of para-hydroxylation sites is 2. The Labute approximate surface area is 175 Å². The van der Waals surface area contributed by atoms with Crippen LogP contribution in [-0.4, -0.2) is 37.5 Å². The van der Waals surface area contributed by atoms with E-state index < -0.39 is 0 Å². The van der Waals surface area contributed by atoms with E-state index >= 15 is 0 Å². The highest BCUT2D eigenvalue weighted by atomic mass is 16.2. The van der Waals surface area contributed by atoms with Crippen molar-refractivity contribution >= 4 is 17.3 Å². The Kier molecular flexibility index (Phi) is 7.32. The molecule has 0 saturated carbocycles. The number of carbonyl (C=O) groups is 1. The van der Waals surface area contributed by atoms with E-state index in [2.05, 4.69) is 78.4 Å². The summed E-state index contributed by atoms with van der Waals surface area (Å²) in [6.45, 7) is 9.78. The van der Waals surface area contributed by atoms with Gasteiger partial charge in [-0.2, -0.15) is 0 Å². The van der Waals surface area contributed by atoms with Gasteiger partial charge in [-0.1, -0.05) is 50.2 Å². The van der Waals surface area contributed by atoms with E-state index in [1.165, 1.54) is 36.1 Å². The van der Waals surface area contributed by atoms with Gasteiger partial charge in [0.05, 0.1) is 6.54 Å². The number of aryl methyl sites for hydroxylation is 1. The number of nitrogens with one attached hydrogen (secondary N) is 1. The predicted molar refractivity (Wildman–Crippen MR) is 123 cm³/mol. The molecule has 1 heterocycles. The molecule has 1 N–H and O–H groups in total. The molecule has 0 aromatic heterocycles. The predicted octanol–water partition coefficient (Wildman–Crippen LogP) is 5.18. The number of piperidine rings is 1. The fourth-order valence-corrected chi connectivity index (χ4v) is 4.20. The molecule has 1 amide bonds. The van der Waals surface area contributed by atoms with Crippen LogP contribution in [0.4, 0.5) is 11.4 Å². The number of benzene rings is 2. The second-order valence-electron chi connectivity index (χ2n) is 8.59. The van der Waals surface area contributed by atoms with Gasteiger partial charge in [-0.05, 0) is 61.9 Å². The molecule has 29 heavy (non-hydrogen) atoms. The Hall–Kier alpha value is -2.33. The fraction of sp³-hybridized carbons (Fsp3) is 0.480. The third-order valence-electron chi connectivity index (χ3n) is 5.73. The number of rotatable bonds is 7. The molecule has 1 aliphatic rings. The number of hydrogen-bond acceptors (Lipinski definition) is 3. The largest absolute Gasteiger partial charge is 0.371 e. The van der Waals surface area contributed by atoms with Crippen LogP contribution in [0.15, 0.2) is 42.5 Å². The lowest BCUT2D eigenvalue weighted by molar-refractivity contribution is -0.117. The van der Waals surface area contributed by atoms with E-state index in [1.54, 1.807) is 0 Å². The smallest absolute Gasteiger partial charge is 0.238 e. The van der Waals surface area contributed by atoms with Gasteiger partial charge in [0.15, 0.2) is 0 Å². The first-order valence-corrected chi connectivity index (χ1v) is 10.9. The normalized spacial score (nSPS) is 14.5. The van der Waals surface area contributed by atoms with E-state index in [-0.39, 0.29) is 5.91 Å². The van der Waals surface area contributed by atoms with Gasteiger partial charge < -0.3 is 10.2 Å². The van der Waals surface area contributed by atoms with Crippen molar-refractivity contribution in [3.63, 3.8) is 0 Å². The number of amides is 1. The van der Waals surface area contributed by atoms with Crippen LogP contribution in [-0.2, 0) is 11.3 Å². The van der Waals surface area contributed by atoms with Crippen molar-refractivity contribution in [2.24, 2.45) is 0 Å². The van der Waals surface area contributed by atoms with E-state index in [1.807, 2.05) is 7.05 Å². The summed E-state index contributed by atoms with van der Waals surface area (Å²) in [5.41, 5.74) is 5.89. The van der Waals surface area contributed by atoms with Crippen LogP contribution >= 0.6 is 0 Å². The molecule has 1 aliphatic heterocycles. The van der Waals surface area contributed by atoms with Gasteiger partial charge in [0, 0.05) is 31.0 Å². The first-order valence-electron chi connectivity index (χ1n) is 10.9. The summed E-state index contributed by atoms with van der Waals surface area (Å²) in [7, 11) is 2.02. The number of carbonyl (C=O) groups excluding carboxylic acids is 1. The quantitative estimate of drug-likeness (QED) is 0.704. The molecule has 0 aliphatic carbocycles. The molecular weight excluding hydrogens is 358 g/mol. The molecular formula is C25H35N3O. The van der Waals surface area contributed by atoms with Gasteiger partial charge in [0.25, 0.3) is 0 Å². The minimum Gasteiger partial charge on any atom is -0.371 e. The number of hydrogen-bond donors (Lipinski definition) is 1. The van der Waals surface area contributed by atoms with E-state index in [0.717, 1.165) is 30.9 Å². The molecule has 4 nitrogen and oxygen atoms in total. The molecule has 1 fully saturated rings. The summed E-state index contributed by atoms with van der Waals surface area (Å²) in [6.07, 6.45) is 3.86. The summed E-state index contributed by atoms with van der Waals surface area (Å²) in [6, 6.07) is 14.8. The lowest BCUT2D eigenvalue weighted by Gasteiger charge is -2.31. The van der Waals surface area contributed by atoms with Gasteiger partial charge in [-0.25, -0.2) is 0 Å². The first kappa shape index (κ1) is 21.4. The number of likely N-dealkylation sites (N-methyl/N-ethyl adjacent to an activating group) is 1. The van der Waals surface area contributed by atoms with Crippen molar-refractivity contribution in [1.82, 2.24) is 4.90 Å². The summed E-state index contributed by atoms with van der Waals surface area (Å²) >= 11 is 0. The minimum atomic E-state index is 0.0409. The topological polar surface area (TPSA) is 35.6 Å². The van der Waals surface area contributed by atoms with Gasteiger partial charge in [0.1, 0.15) is 0 Å². The zero-order chi connectivity index (χ0) is 20.8. The second-order valence-corrected chi connectivity index (χ2v) is 8.59. The summed E-state index contributed by atoms with van der Waals surface area (Å²) in [5.74, 6) is 0.415. The Morgan fingerprint density at radius 2 is 1.79 bits per heavy atom. The van der Waals surface area contributed by atoms with Crippen LogP contribution in [0.3, 0.4) is 0 Å². The molecule has 1 saturated heterocycles. The molecule has 0 bridgehead atoms. The average molecular weight is 394 g/mol. The SMILES string of the molecule is Cc1cccc(C(C)C)c1NC(=O)CN(C)Cc1ccccc1N1CCCCC1. The highest BCUT2D eigenvalue weighted by molar-refractivity contribution is 5.93. The van der Waals surface area contributed by atoms with Gasteiger partial charge in [0.2, 0.25) is 5.91 Å². The average Bonchev–Trinajstić information content (AvgIpc) is 2.70. The zero-order valence-electron chi connectivity index (χ0n) is 18.4. The maximum atomic E-state index is 12.8. The third-order valence-corrected chi connectivity index (χ3v) is 5.73. The standard InChI is InChI=1S/C25H35N3O/c1-19(2)22-13-10-11-20(3)25(22)26-24(29)18-27(4)17-21-12-6-7-14-23(21)28-15-8-5-9-16-28/h6-7,10-14,19H,5,8-9,15-18H2,1-4H3,(H,26,29). The third kappa shape index (κ3) is 5.60. The zero-order valence-corrected chi connectivity index (χ0v) is 18.4. The Bertz CT molecular complexity index is 825. The van der Waals surface area contributed by atoms with E-state index in [0.29, 0.717) is 12.5 Å². The van der Waals surface area contributed by atoms with Crippen molar-refractivity contribution in [1.29, 1.82) is 0 Å². The first-order chi connectivity index (χ1) is 14.0. The number of nitrogens with zero attached hydrogens (tertiary/aromatic N) is 2. The van der Waals surface area contributed by atoms with Crippen molar-refractivity contribution in [2.75, 3.05) is 36.9 Å². The molecule has 2 aromatic carbocycles. The fourth-order valence-electron chi connectivity index (χ4n) is 4.20. The maximum absolute atomic E-state index is 12.8. The lowest BCUT2D eigenvalue weighted by atomic mass is 9.98. The molecule has 0 unspecified atom stereocenters. The molecule has 0 spiro atoms. The Morgan fingerprint density at radius 1 is 1.07 bits per heavy atom. The summed E-state index contributed by atoms with van der Waals surface area (Å²) < 4.78 is 0. The molecule has 2 aromatic rings. The van der Waals surface area contributed by atoms with Crippen molar-refractivity contribution < 1.29 is 4.79 Å². The Morgan fingerprint density at radius 3 is 2.52 bits per heavy atom. The van der Waals surface area contributed by atoms with Gasteiger partial charge in [-0.15, -0.1) is 0 Å². The molecule has 156 valence electrons. The monoisotopic (exact) mass is 393 g/mol. The van der Waals surface area contributed by atoms with Crippen LogP contribution in [0.25, 0.3) is 0 Å². The van der Waals surface area contributed by atoms with Crippen LogP contribution in [0.2, 0.25) is 0 Å². The second kappa shape index (κ2) is 9.93. The molecule has 0 atom stereocenters. The Balaban J connectivity index is 1.65.